The first-order chi connectivity index (χ1) is 20.1. The lowest BCUT2D eigenvalue weighted by atomic mass is 9.82. The average molecular weight is 550 g/mol. The summed E-state index contributed by atoms with van der Waals surface area (Å²) in [5.74, 6) is 3.51. The highest BCUT2D eigenvalue weighted by Gasteiger charge is 2.33. The predicted octanol–water partition coefficient (Wildman–Crippen LogP) is 6.08. The zero-order valence-electron chi connectivity index (χ0n) is 23.4. The molecule has 41 heavy (non-hydrogen) atoms. The molecule has 0 bridgehead atoms. The Bertz CT molecular complexity index is 1810. The van der Waals surface area contributed by atoms with E-state index in [-0.39, 0.29) is 5.92 Å². The van der Waals surface area contributed by atoms with Crippen LogP contribution in [0.4, 0.5) is 0 Å². The number of ether oxygens (including phenoxy) is 5. The van der Waals surface area contributed by atoms with E-state index >= 15 is 0 Å². The van der Waals surface area contributed by atoms with Crippen LogP contribution in [0.1, 0.15) is 28.2 Å². The number of benzene rings is 4. The Kier molecular flexibility index (Phi) is 6.97. The van der Waals surface area contributed by atoms with E-state index in [0.717, 1.165) is 33.2 Å². The lowest BCUT2D eigenvalue weighted by Gasteiger charge is -2.29. The molecule has 5 aromatic rings. The smallest absolute Gasteiger partial charge is 0.228 e. The molecule has 0 unspecified atom stereocenters. The number of rotatable bonds is 8. The third kappa shape index (κ3) is 4.61. The van der Waals surface area contributed by atoms with Crippen LogP contribution in [0.3, 0.4) is 0 Å². The van der Waals surface area contributed by atoms with Gasteiger partial charge in [0.25, 0.3) is 0 Å². The molecule has 6 rings (SSSR count). The van der Waals surface area contributed by atoms with E-state index in [1.165, 1.54) is 0 Å². The van der Waals surface area contributed by atoms with E-state index < -0.39 is 0 Å². The van der Waals surface area contributed by atoms with Gasteiger partial charge in [-0.05, 0) is 47.2 Å². The number of hydrogen-bond donors (Lipinski definition) is 1. The van der Waals surface area contributed by atoms with Crippen LogP contribution in [0.15, 0.2) is 79.1 Å². The molecule has 0 aliphatic carbocycles. The molecule has 1 aliphatic heterocycles. The van der Waals surface area contributed by atoms with Crippen LogP contribution in [0.25, 0.3) is 10.8 Å². The number of nitrogens with one attached hydrogen (secondary N) is 1. The van der Waals surface area contributed by atoms with Crippen LogP contribution in [-0.4, -0.2) is 38.0 Å². The van der Waals surface area contributed by atoms with Gasteiger partial charge in [0.15, 0.2) is 23.0 Å². The number of nitrogens with zero attached hydrogens (tertiary/aromatic N) is 2. The summed E-state index contributed by atoms with van der Waals surface area (Å²) in [4.78, 5) is 4.73. The summed E-state index contributed by atoms with van der Waals surface area (Å²) >= 11 is 0. The van der Waals surface area contributed by atoms with Crippen molar-refractivity contribution in [3.63, 3.8) is 0 Å². The molecule has 208 valence electrons. The summed E-state index contributed by atoms with van der Waals surface area (Å²) in [6.07, 6.45) is 2.37. The third-order valence-corrected chi connectivity index (χ3v) is 7.63. The normalized spacial score (nSPS) is 13.6. The third-order valence-electron chi connectivity index (χ3n) is 7.63. The van der Waals surface area contributed by atoms with Crippen molar-refractivity contribution in [3.8, 4) is 34.6 Å². The second-order valence-corrected chi connectivity index (χ2v) is 9.80. The fourth-order valence-electron chi connectivity index (χ4n) is 5.53. The second-order valence-electron chi connectivity index (χ2n) is 9.80. The highest BCUT2D eigenvalue weighted by molar-refractivity contribution is 5.91. The van der Waals surface area contributed by atoms with Gasteiger partial charge in [0.05, 0.1) is 34.0 Å². The van der Waals surface area contributed by atoms with Gasteiger partial charge < -0.3 is 28.3 Å². The van der Waals surface area contributed by atoms with E-state index in [4.69, 9.17) is 28.7 Å². The van der Waals surface area contributed by atoms with Gasteiger partial charge in [0, 0.05) is 23.4 Å². The van der Waals surface area contributed by atoms with Gasteiger partial charge in [-0.15, -0.1) is 0 Å². The van der Waals surface area contributed by atoms with Crippen molar-refractivity contribution in [1.29, 1.82) is 5.41 Å². The van der Waals surface area contributed by atoms with E-state index in [0.29, 0.717) is 52.9 Å². The van der Waals surface area contributed by atoms with E-state index in [1.807, 2.05) is 53.1 Å². The highest BCUT2D eigenvalue weighted by atomic mass is 16.5. The van der Waals surface area contributed by atoms with Gasteiger partial charge >= 0.3 is 0 Å². The summed E-state index contributed by atoms with van der Waals surface area (Å²) in [7, 11) is 6.49. The van der Waals surface area contributed by atoms with Gasteiger partial charge in [-0.25, -0.2) is 4.98 Å². The van der Waals surface area contributed by atoms with Crippen LogP contribution in [0.2, 0.25) is 0 Å². The Morgan fingerprint density at radius 3 is 2.27 bits per heavy atom. The maximum absolute atomic E-state index is 9.34. The molecule has 1 aromatic heterocycles. The fourth-order valence-corrected chi connectivity index (χ4v) is 5.53. The average Bonchev–Trinajstić information content (AvgIpc) is 3.02. The Balaban J connectivity index is 1.46. The van der Waals surface area contributed by atoms with Crippen molar-refractivity contribution < 1.29 is 23.7 Å². The minimum absolute atomic E-state index is 0.299. The van der Waals surface area contributed by atoms with Crippen LogP contribution < -0.4 is 29.2 Å². The topological polar surface area (TPSA) is 87.8 Å². The lowest BCUT2D eigenvalue weighted by molar-refractivity contribution is 0.354. The van der Waals surface area contributed by atoms with Crippen molar-refractivity contribution in [2.45, 2.75) is 18.9 Å². The van der Waals surface area contributed by atoms with Gasteiger partial charge in [-0.1, -0.05) is 48.5 Å². The molecule has 0 saturated carbocycles. The maximum Gasteiger partial charge on any atom is 0.228 e. The monoisotopic (exact) mass is 549 g/mol. The van der Waals surface area contributed by atoms with E-state index in [9.17, 15) is 5.41 Å². The molecule has 0 spiro atoms. The van der Waals surface area contributed by atoms with Gasteiger partial charge in [0.2, 0.25) is 5.88 Å². The molecule has 8 nitrogen and oxygen atoms in total. The number of methoxy groups -OCH3 is 4. The number of fused-ring (bicyclic) bond motifs is 4. The van der Waals surface area contributed by atoms with Gasteiger partial charge in [-0.3, -0.25) is 5.41 Å². The van der Waals surface area contributed by atoms with Crippen molar-refractivity contribution >= 4 is 10.8 Å². The van der Waals surface area contributed by atoms with Gasteiger partial charge in [-0.2, -0.15) is 0 Å². The molecule has 0 saturated heterocycles. The maximum atomic E-state index is 9.34. The molecule has 4 aromatic carbocycles. The van der Waals surface area contributed by atoms with Crippen molar-refractivity contribution in [1.82, 2.24) is 9.55 Å². The highest BCUT2D eigenvalue weighted by Crippen LogP contribution is 2.48. The van der Waals surface area contributed by atoms with Crippen LogP contribution in [0, 0.1) is 5.41 Å². The number of aryl methyl sites for hydroxylation is 2. The SMILES string of the molecule is COc1ccc(CCn2cnc3c(c2=N)[C@@H](c2ccc(OC)c(OC)c2)c2ccc4ccccc4c2O3)cc1OC. The summed E-state index contributed by atoms with van der Waals surface area (Å²) in [5.41, 5.74) is 4.04. The minimum atomic E-state index is -0.299. The fraction of sp³-hybridized carbons (Fsp3) is 0.212. The lowest BCUT2D eigenvalue weighted by Crippen LogP contribution is -2.30. The molecule has 1 atom stereocenters. The van der Waals surface area contributed by atoms with Crippen LogP contribution in [-0.2, 0) is 13.0 Å². The quantitative estimate of drug-likeness (QED) is 0.248. The summed E-state index contributed by atoms with van der Waals surface area (Å²) in [6, 6.07) is 24.1. The Morgan fingerprint density at radius 2 is 1.51 bits per heavy atom. The molecule has 0 radical (unpaired) electrons. The first-order valence-corrected chi connectivity index (χ1v) is 13.3. The Labute approximate surface area is 238 Å². The molecule has 8 heteroatoms. The zero-order chi connectivity index (χ0) is 28.5. The molecule has 0 amide bonds. The number of hydrogen-bond acceptors (Lipinski definition) is 7. The second kappa shape index (κ2) is 10.9. The Hall–Kier alpha value is -4.98. The van der Waals surface area contributed by atoms with Crippen molar-refractivity contribution in [3.05, 3.63) is 107 Å². The van der Waals surface area contributed by atoms with Crippen molar-refractivity contribution in [2.75, 3.05) is 28.4 Å². The Morgan fingerprint density at radius 1 is 0.805 bits per heavy atom. The molecule has 2 heterocycles. The minimum Gasteiger partial charge on any atom is -0.493 e. The van der Waals surface area contributed by atoms with Crippen LogP contribution >= 0.6 is 0 Å². The largest absolute Gasteiger partial charge is 0.493 e. The predicted molar refractivity (Wildman–Crippen MR) is 156 cm³/mol. The standard InChI is InChI=1S/C33H31N3O5/c1-37-25-13-9-20(17-27(25)39-3)15-16-36-19-35-33-30(32(36)34)29(22-11-14-26(38-2)28(18-22)40-4)24-12-10-21-7-5-6-8-23(21)31(24)41-33/h5-14,17-19,29,34H,15-16H2,1-4H3/t29-/m0/s1. The molecule has 0 fully saturated rings. The molecular weight excluding hydrogens is 518 g/mol. The van der Waals surface area contributed by atoms with Crippen molar-refractivity contribution in [2.24, 2.45) is 0 Å². The molecule has 1 aliphatic rings. The summed E-state index contributed by atoms with van der Waals surface area (Å²) in [5, 5.41) is 11.4. The first kappa shape index (κ1) is 26.3. The van der Waals surface area contributed by atoms with Gasteiger partial charge in [0.1, 0.15) is 17.6 Å². The summed E-state index contributed by atoms with van der Waals surface area (Å²) in [6.45, 7) is 0.553. The van der Waals surface area contributed by atoms with E-state index in [2.05, 4.69) is 24.3 Å². The van der Waals surface area contributed by atoms with E-state index in [1.54, 1.807) is 34.8 Å². The number of aromatic nitrogens is 2. The van der Waals surface area contributed by atoms with Crippen LogP contribution in [0.5, 0.6) is 34.6 Å². The molecule has 1 N–H and O–H groups in total. The zero-order valence-corrected chi connectivity index (χ0v) is 23.4. The summed E-state index contributed by atoms with van der Waals surface area (Å²) < 4.78 is 30.3. The first-order valence-electron chi connectivity index (χ1n) is 13.3. The molecular formula is C33H31N3O5.